The fourth-order valence-corrected chi connectivity index (χ4v) is 2.02. The molecule has 0 aliphatic carbocycles. The molecule has 0 saturated heterocycles. The Labute approximate surface area is 101 Å². The van der Waals surface area contributed by atoms with Crippen LogP contribution in [0.25, 0.3) is 0 Å². The van der Waals surface area contributed by atoms with Crippen LogP contribution in [0.15, 0.2) is 16.6 Å². The third-order valence-electron chi connectivity index (χ3n) is 1.90. The number of nitrogens with zero attached hydrogens (tertiary/aromatic N) is 1. The molecule has 0 aromatic heterocycles. The first kappa shape index (κ1) is 12.6. The lowest BCUT2D eigenvalue weighted by atomic mass is 10.1. The zero-order valence-corrected chi connectivity index (χ0v) is 10.4. The van der Waals surface area contributed by atoms with E-state index in [1.165, 1.54) is 13.0 Å². The van der Waals surface area contributed by atoms with Crippen molar-refractivity contribution in [2.75, 3.05) is 6.61 Å². The van der Waals surface area contributed by atoms with Crippen molar-refractivity contribution in [1.29, 1.82) is 0 Å². The number of halogens is 1. The van der Waals surface area contributed by atoms with Gasteiger partial charge in [0, 0.05) is 4.47 Å². The van der Waals surface area contributed by atoms with Gasteiger partial charge in [-0.1, -0.05) is 0 Å². The van der Waals surface area contributed by atoms with Crippen LogP contribution in [0.5, 0.6) is 5.75 Å². The van der Waals surface area contributed by atoms with Crippen molar-refractivity contribution in [3.8, 4) is 5.75 Å². The molecule has 0 amide bonds. The molecule has 6 heteroatoms. The minimum absolute atomic E-state index is 0.0634. The number of ketones is 1. The van der Waals surface area contributed by atoms with Crippen LogP contribution in [-0.4, -0.2) is 17.3 Å². The molecule has 1 aromatic rings. The monoisotopic (exact) mass is 287 g/mol. The van der Waals surface area contributed by atoms with Crippen LogP contribution in [0.4, 0.5) is 5.69 Å². The van der Waals surface area contributed by atoms with Gasteiger partial charge in [0.2, 0.25) is 0 Å². The van der Waals surface area contributed by atoms with Crippen LogP contribution in [0, 0.1) is 10.1 Å². The standard InChI is InChI=1S/C10H10BrNO4/c1-3-16-7-4-8(11)10(6(2)13)9(5-7)12(14)15/h4-5H,3H2,1-2H3. The van der Waals surface area contributed by atoms with Gasteiger partial charge in [0.05, 0.1) is 17.6 Å². The summed E-state index contributed by atoms with van der Waals surface area (Å²) in [6.45, 7) is 3.47. The van der Waals surface area contributed by atoms with Crippen LogP contribution < -0.4 is 4.74 Å². The van der Waals surface area contributed by atoms with Gasteiger partial charge in [0.1, 0.15) is 11.3 Å². The lowest BCUT2D eigenvalue weighted by molar-refractivity contribution is -0.385. The maximum Gasteiger partial charge on any atom is 0.285 e. The molecule has 1 aromatic carbocycles. The highest BCUT2D eigenvalue weighted by Crippen LogP contribution is 2.32. The average Bonchev–Trinajstić information content (AvgIpc) is 2.16. The first-order chi connectivity index (χ1) is 7.47. The van der Waals surface area contributed by atoms with Gasteiger partial charge in [0.15, 0.2) is 5.78 Å². The fraction of sp³-hybridized carbons (Fsp3) is 0.300. The third kappa shape index (κ3) is 2.57. The maximum absolute atomic E-state index is 11.3. The van der Waals surface area contributed by atoms with Crippen molar-refractivity contribution in [2.24, 2.45) is 0 Å². The number of nitro benzene ring substituents is 1. The van der Waals surface area contributed by atoms with Crippen LogP contribution in [-0.2, 0) is 0 Å². The summed E-state index contributed by atoms with van der Waals surface area (Å²) < 4.78 is 5.54. The second kappa shape index (κ2) is 5.07. The minimum Gasteiger partial charge on any atom is -0.494 e. The topological polar surface area (TPSA) is 69.4 Å². The Morgan fingerprint density at radius 1 is 1.56 bits per heavy atom. The van der Waals surface area contributed by atoms with E-state index in [2.05, 4.69) is 15.9 Å². The molecule has 1 rings (SSSR count). The van der Waals surface area contributed by atoms with Crippen LogP contribution in [0.1, 0.15) is 24.2 Å². The molecular formula is C10H10BrNO4. The van der Waals surface area contributed by atoms with E-state index in [0.717, 1.165) is 0 Å². The van der Waals surface area contributed by atoms with Gasteiger partial charge in [-0.3, -0.25) is 14.9 Å². The second-order valence-corrected chi connectivity index (χ2v) is 3.90. The van der Waals surface area contributed by atoms with Gasteiger partial charge >= 0.3 is 0 Å². The minimum atomic E-state index is -0.593. The summed E-state index contributed by atoms with van der Waals surface area (Å²) in [4.78, 5) is 21.5. The van der Waals surface area contributed by atoms with Crippen LogP contribution >= 0.6 is 15.9 Å². The molecule has 0 spiro atoms. The second-order valence-electron chi connectivity index (χ2n) is 3.05. The quantitative estimate of drug-likeness (QED) is 0.485. The van der Waals surface area contributed by atoms with E-state index in [1.807, 2.05) is 0 Å². The van der Waals surface area contributed by atoms with Crippen molar-refractivity contribution < 1.29 is 14.5 Å². The summed E-state index contributed by atoms with van der Waals surface area (Å²) >= 11 is 3.13. The molecule has 0 aliphatic rings. The van der Waals surface area contributed by atoms with Gasteiger partial charge in [0.25, 0.3) is 5.69 Å². The van der Waals surface area contributed by atoms with Crippen molar-refractivity contribution in [2.45, 2.75) is 13.8 Å². The number of benzene rings is 1. The van der Waals surface area contributed by atoms with Crippen LogP contribution in [0.3, 0.4) is 0 Å². The number of hydrogen-bond donors (Lipinski definition) is 0. The van der Waals surface area contributed by atoms with Crippen molar-refractivity contribution >= 4 is 27.4 Å². The van der Waals surface area contributed by atoms with Gasteiger partial charge in [-0.05, 0) is 35.8 Å². The largest absolute Gasteiger partial charge is 0.494 e. The third-order valence-corrected chi connectivity index (χ3v) is 2.53. The van der Waals surface area contributed by atoms with Crippen molar-refractivity contribution in [3.63, 3.8) is 0 Å². The Bertz CT molecular complexity index is 445. The summed E-state index contributed by atoms with van der Waals surface area (Å²) in [6, 6.07) is 2.80. The maximum atomic E-state index is 11.3. The van der Waals surface area contributed by atoms with Crippen molar-refractivity contribution in [3.05, 3.63) is 32.3 Å². The molecule has 0 heterocycles. The molecule has 86 valence electrons. The van der Waals surface area contributed by atoms with E-state index in [-0.39, 0.29) is 17.0 Å². The van der Waals surface area contributed by atoms with Crippen LogP contribution in [0.2, 0.25) is 0 Å². The summed E-state index contributed by atoms with van der Waals surface area (Å²) in [5, 5.41) is 10.8. The highest BCUT2D eigenvalue weighted by molar-refractivity contribution is 9.10. The predicted molar refractivity (Wildman–Crippen MR) is 62.0 cm³/mol. The predicted octanol–water partition coefficient (Wildman–Crippen LogP) is 2.96. The van der Waals surface area contributed by atoms with E-state index in [1.54, 1.807) is 13.0 Å². The summed E-state index contributed by atoms with van der Waals surface area (Å²) in [7, 11) is 0. The van der Waals surface area contributed by atoms with Gasteiger partial charge < -0.3 is 4.74 Å². The van der Waals surface area contributed by atoms with E-state index < -0.39 is 4.92 Å². The fourth-order valence-electron chi connectivity index (χ4n) is 1.31. The molecule has 0 saturated carbocycles. The molecule has 0 atom stereocenters. The first-order valence-corrected chi connectivity index (χ1v) is 5.38. The number of carbonyl (C=O) groups excluding carboxylic acids is 1. The number of ether oxygens (including phenoxy) is 1. The van der Waals surface area contributed by atoms with Crippen molar-refractivity contribution in [1.82, 2.24) is 0 Å². The Kier molecular flexibility index (Phi) is 4.00. The van der Waals surface area contributed by atoms with E-state index in [4.69, 9.17) is 4.74 Å². The Hall–Kier alpha value is -1.43. The molecule has 0 radical (unpaired) electrons. The van der Waals surface area contributed by atoms with Gasteiger partial charge in [-0.2, -0.15) is 0 Å². The zero-order chi connectivity index (χ0) is 12.3. The highest BCUT2D eigenvalue weighted by Gasteiger charge is 2.22. The zero-order valence-electron chi connectivity index (χ0n) is 8.82. The normalized spacial score (nSPS) is 9.94. The Morgan fingerprint density at radius 2 is 2.19 bits per heavy atom. The number of hydrogen-bond acceptors (Lipinski definition) is 4. The molecule has 0 bridgehead atoms. The lowest BCUT2D eigenvalue weighted by Gasteiger charge is -2.07. The van der Waals surface area contributed by atoms with Gasteiger partial charge in [-0.25, -0.2) is 0 Å². The Balaban J connectivity index is 3.39. The Morgan fingerprint density at radius 3 is 2.62 bits per heavy atom. The lowest BCUT2D eigenvalue weighted by Crippen LogP contribution is -2.03. The first-order valence-electron chi connectivity index (χ1n) is 4.59. The smallest absolute Gasteiger partial charge is 0.285 e. The number of rotatable bonds is 4. The summed E-state index contributed by atoms with van der Waals surface area (Å²) in [5.74, 6) is 0.00713. The van der Waals surface area contributed by atoms with E-state index >= 15 is 0 Å². The summed E-state index contributed by atoms with van der Waals surface area (Å²) in [5.41, 5.74) is -0.182. The summed E-state index contributed by atoms with van der Waals surface area (Å²) in [6.07, 6.45) is 0. The molecule has 0 unspecified atom stereocenters. The number of nitro groups is 1. The number of Topliss-reactive ketones (excluding diaryl/α,β-unsaturated/α-hetero) is 1. The molecule has 5 nitrogen and oxygen atoms in total. The van der Waals surface area contributed by atoms with E-state index in [9.17, 15) is 14.9 Å². The molecule has 0 aliphatic heterocycles. The molecule has 0 N–H and O–H groups in total. The SMILES string of the molecule is CCOc1cc(Br)c(C(C)=O)c([N+](=O)[O-])c1. The number of carbonyl (C=O) groups is 1. The van der Waals surface area contributed by atoms with Gasteiger partial charge in [-0.15, -0.1) is 0 Å². The molecule has 0 fully saturated rings. The highest BCUT2D eigenvalue weighted by atomic mass is 79.9. The van der Waals surface area contributed by atoms with E-state index in [0.29, 0.717) is 16.8 Å². The molecule has 16 heavy (non-hydrogen) atoms. The molecular weight excluding hydrogens is 278 g/mol. The average molecular weight is 288 g/mol.